The third-order valence-electron chi connectivity index (χ3n) is 2.48. The minimum Gasteiger partial charge on any atom is -0.398 e. The van der Waals surface area contributed by atoms with Crippen molar-refractivity contribution in [3.05, 3.63) is 29.3 Å². The number of anilines is 1. The lowest BCUT2D eigenvalue weighted by molar-refractivity contribution is -0.109. The summed E-state index contributed by atoms with van der Waals surface area (Å²) in [6.45, 7) is 3.24. The molecule has 2 atom stereocenters. The number of hydrogen-bond acceptors (Lipinski definition) is 5. The lowest BCUT2D eigenvalue weighted by Gasteiger charge is -2.20. The molecule has 0 fully saturated rings. The zero-order valence-electron chi connectivity index (χ0n) is 9.88. The summed E-state index contributed by atoms with van der Waals surface area (Å²) in [5, 5.41) is 19.7. The molecule has 0 saturated carbocycles. The summed E-state index contributed by atoms with van der Waals surface area (Å²) in [5.41, 5.74) is 7.57. The standard InChI is InChI=1S/C12H17NO3S/c1-7-4-3-5-9(13)11(7)12(16)10(15)6-17-8(2)14/h3-5,10,12,15-16H,6,13H2,1-2H3. The normalized spacial score (nSPS) is 14.4. The van der Waals surface area contributed by atoms with Gasteiger partial charge in [-0.05, 0) is 18.6 Å². The maximum absolute atomic E-state index is 10.8. The van der Waals surface area contributed by atoms with E-state index >= 15 is 0 Å². The fourth-order valence-corrected chi connectivity index (χ4v) is 2.18. The number of hydrogen-bond donors (Lipinski definition) is 3. The first-order chi connectivity index (χ1) is 7.93. The van der Waals surface area contributed by atoms with Crippen molar-refractivity contribution in [2.75, 3.05) is 11.5 Å². The molecule has 1 rings (SSSR count). The molecule has 0 aliphatic carbocycles. The van der Waals surface area contributed by atoms with Crippen LogP contribution in [0.1, 0.15) is 24.2 Å². The van der Waals surface area contributed by atoms with Gasteiger partial charge in [0.15, 0.2) is 5.12 Å². The Balaban J connectivity index is 2.81. The monoisotopic (exact) mass is 255 g/mol. The summed E-state index contributed by atoms with van der Waals surface area (Å²) in [7, 11) is 0. The van der Waals surface area contributed by atoms with E-state index in [0.717, 1.165) is 17.3 Å². The summed E-state index contributed by atoms with van der Waals surface area (Å²) in [6, 6.07) is 5.29. The van der Waals surface area contributed by atoms with E-state index in [1.165, 1.54) is 6.92 Å². The van der Waals surface area contributed by atoms with E-state index in [0.29, 0.717) is 11.3 Å². The number of carbonyl (C=O) groups excluding carboxylic acids is 1. The second-order valence-corrected chi connectivity index (χ2v) is 5.09. The number of rotatable bonds is 4. The second-order valence-electron chi connectivity index (χ2n) is 3.89. The molecule has 0 radical (unpaired) electrons. The Morgan fingerprint density at radius 1 is 1.47 bits per heavy atom. The molecule has 1 aromatic rings. The lowest BCUT2D eigenvalue weighted by atomic mass is 9.98. The molecule has 0 amide bonds. The van der Waals surface area contributed by atoms with E-state index in [2.05, 4.69) is 0 Å². The van der Waals surface area contributed by atoms with Gasteiger partial charge in [-0.3, -0.25) is 4.79 Å². The number of aliphatic hydroxyl groups excluding tert-OH is 2. The Labute approximate surface area is 105 Å². The van der Waals surface area contributed by atoms with Crippen molar-refractivity contribution in [1.82, 2.24) is 0 Å². The van der Waals surface area contributed by atoms with E-state index in [9.17, 15) is 15.0 Å². The molecule has 0 heterocycles. The van der Waals surface area contributed by atoms with Crippen LogP contribution in [0.25, 0.3) is 0 Å². The number of aryl methyl sites for hydroxylation is 1. The zero-order valence-corrected chi connectivity index (χ0v) is 10.7. The molecule has 1 aromatic carbocycles. The largest absolute Gasteiger partial charge is 0.398 e. The van der Waals surface area contributed by atoms with Gasteiger partial charge in [-0.1, -0.05) is 23.9 Å². The molecule has 4 nitrogen and oxygen atoms in total. The van der Waals surface area contributed by atoms with Crippen LogP contribution in [0.5, 0.6) is 0 Å². The molecule has 0 aliphatic heterocycles. The number of carbonyl (C=O) groups is 1. The Hall–Kier alpha value is -1.04. The van der Waals surface area contributed by atoms with Crippen molar-refractivity contribution in [3.63, 3.8) is 0 Å². The molecule has 17 heavy (non-hydrogen) atoms. The van der Waals surface area contributed by atoms with Gasteiger partial charge in [-0.25, -0.2) is 0 Å². The van der Waals surface area contributed by atoms with E-state index in [1.54, 1.807) is 12.1 Å². The molecule has 0 saturated heterocycles. The Morgan fingerprint density at radius 3 is 2.65 bits per heavy atom. The first kappa shape index (κ1) is 14.0. The van der Waals surface area contributed by atoms with Crippen LogP contribution in [-0.4, -0.2) is 27.2 Å². The topological polar surface area (TPSA) is 83.5 Å². The van der Waals surface area contributed by atoms with Crippen molar-refractivity contribution in [2.24, 2.45) is 0 Å². The predicted octanol–water partition coefficient (Wildman–Crippen LogP) is 1.25. The van der Waals surface area contributed by atoms with Gasteiger partial charge in [0.1, 0.15) is 6.10 Å². The highest BCUT2D eigenvalue weighted by molar-refractivity contribution is 8.13. The number of nitrogen functional groups attached to an aromatic ring is 1. The van der Waals surface area contributed by atoms with Crippen LogP contribution in [-0.2, 0) is 4.79 Å². The third-order valence-corrected chi connectivity index (χ3v) is 3.39. The predicted molar refractivity (Wildman–Crippen MR) is 69.7 cm³/mol. The molecule has 0 bridgehead atoms. The van der Waals surface area contributed by atoms with E-state index < -0.39 is 12.2 Å². The number of nitrogens with two attached hydrogens (primary N) is 1. The van der Waals surface area contributed by atoms with Gasteiger partial charge < -0.3 is 15.9 Å². The fraction of sp³-hybridized carbons (Fsp3) is 0.417. The zero-order chi connectivity index (χ0) is 13.0. The maximum atomic E-state index is 10.8. The van der Waals surface area contributed by atoms with Crippen LogP contribution in [0.4, 0.5) is 5.69 Å². The Bertz CT molecular complexity index is 388. The first-order valence-corrected chi connectivity index (χ1v) is 6.26. The average Bonchev–Trinajstić information content (AvgIpc) is 2.25. The lowest BCUT2D eigenvalue weighted by Crippen LogP contribution is -2.23. The maximum Gasteiger partial charge on any atom is 0.185 e. The number of aliphatic hydroxyl groups is 2. The van der Waals surface area contributed by atoms with Crippen molar-refractivity contribution in [3.8, 4) is 0 Å². The molecule has 2 unspecified atom stereocenters. The number of thioether (sulfide) groups is 1. The minimum atomic E-state index is -1.07. The summed E-state index contributed by atoms with van der Waals surface area (Å²) < 4.78 is 0. The molecule has 0 aromatic heterocycles. The van der Waals surface area contributed by atoms with Gasteiger partial charge >= 0.3 is 0 Å². The van der Waals surface area contributed by atoms with Crippen LogP contribution < -0.4 is 5.73 Å². The van der Waals surface area contributed by atoms with Crippen molar-refractivity contribution in [2.45, 2.75) is 26.1 Å². The highest BCUT2D eigenvalue weighted by Crippen LogP contribution is 2.27. The highest BCUT2D eigenvalue weighted by Gasteiger charge is 2.22. The van der Waals surface area contributed by atoms with Gasteiger partial charge in [0.2, 0.25) is 0 Å². The SMILES string of the molecule is CC(=O)SCC(O)C(O)c1c(C)cccc1N. The van der Waals surface area contributed by atoms with Crippen LogP contribution in [0.15, 0.2) is 18.2 Å². The Morgan fingerprint density at radius 2 is 2.12 bits per heavy atom. The van der Waals surface area contributed by atoms with Crippen molar-refractivity contribution < 1.29 is 15.0 Å². The van der Waals surface area contributed by atoms with Crippen LogP contribution in [0.3, 0.4) is 0 Å². The summed E-state index contributed by atoms with van der Waals surface area (Å²) >= 11 is 0.984. The van der Waals surface area contributed by atoms with Crippen LogP contribution in [0, 0.1) is 6.92 Å². The number of benzene rings is 1. The van der Waals surface area contributed by atoms with Crippen LogP contribution >= 0.6 is 11.8 Å². The quantitative estimate of drug-likeness (QED) is 0.705. The van der Waals surface area contributed by atoms with E-state index in [4.69, 9.17) is 5.73 Å². The summed E-state index contributed by atoms with van der Waals surface area (Å²) in [4.78, 5) is 10.8. The van der Waals surface area contributed by atoms with Gasteiger partial charge in [-0.15, -0.1) is 0 Å². The average molecular weight is 255 g/mol. The van der Waals surface area contributed by atoms with Gasteiger partial charge in [0, 0.05) is 23.9 Å². The second kappa shape index (κ2) is 6.05. The first-order valence-electron chi connectivity index (χ1n) is 5.28. The minimum absolute atomic E-state index is 0.0889. The summed E-state index contributed by atoms with van der Waals surface area (Å²) in [5.74, 6) is 0.157. The van der Waals surface area contributed by atoms with Gasteiger partial charge in [0.25, 0.3) is 0 Å². The molecular weight excluding hydrogens is 238 g/mol. The summed E-state index contributed by atoms with van der Waals surface area (Å²) in [6.07, 6.45) is -2.07. The van der Waals surface area contributed by atoms with Crippen molar-refractivity contribution in [1.29, 1.82) is 0 Å². The molecule has 5 heteroatoms. The van der Waals surface area contributed by atoms with Gasteiger partial charge in [-0.2, -0.15) is 0 Å². The molecule has 0 spiro atoms. The van der Waals surface area contributed by atoms with Crippen molar-refractivity contribution >= 4 is 22.6 Å². The van der Waals surface area contributed by atoms with E-state index in [1.807, 2.05) is 13.0 Å². The Kier molecular flexibility index (Phi) is 4.99. The molecule has 0 aliphatic rings. The van der Waals surface area contributed by atoms with E-state index in [-0.39, 0.29) is 10.9 Å². The van der Waals surface area contributed by atoms with Gasteiger partial charge in [0.05, 0.1) is 6.10 Å². The fourth-order valence-electron chi connectivity index (χ4n) is 1.59. The molecule has 4 N–H and O–H groups in total. The van der Waals surface area contributed by atoms with Crippen LogP contribution in [0.2, 0.25) is 0 Å². The molecular formula is C12H17NO3S. The smallest absolute Gasteiger partial charge is 0.185 e. The molecule has 94 valence electrons. The highest BCUT2D eigenvalue weighted by atomic mass is 32.2. The third kappa shape index (κ3) is 3.73.